The fourth-order valence-electron chi connectivity index (χ4n) is 4.07. The molecule has 0 spiro atoms. The molecule has 1 aliphatic rings. The lowest BCUT2D eigenvalue weighted by molar-refractivity contribution is -0.140. The molecule has 1 saturated carbocycles. The van der Waals surface area contributed by atoms with Gasteiger partial charge in [-0.15, -0.1) is 11.3 Å². The standard InChI is InChI=1S/C27H18ClN3O5S2/c1-14(15-6-2-4-8-17(15)28)35-26(34)30-21-16-7-3-5-9-18(16)36-19(21)10-11-20-29-22-23(37-20)38-24(31-22)27(12-13-27)25(32)33/h2-9,14H,12-13H2,1H3,(H,30,34)(H,32,33). The molecule has 1 atom stereocenters. The number of benzene rings is 2. The molecule has 3 heterocycles. The number of aliphatic carboxylic acids is 1. The van der Waals surface area contributed by atoms with E-state index in [0.717, 1.165) is 4.01 Å². The van der Waals surface area contributed by atoms with Gasteiger partial charge in [0, 0.05) is 16.0 Å². The Hall–Kier alpha value is -3.91. The quantitative estimate of drug-likeness (QED) is 0.222. The number of aromatic nitrogens is 2. The molecule has 0 radical (unpaired) electrons. The number of carbonyl (C=O) groups excluding carboxylic acids is 1. The van der Waals surface area contributed by atoms with Gasteiger partial charge in [-0.1, -0.05) is 53.3 Å². The maximum absolute atomic E-state index is 12.8. The molecule has 190 valence electrons. The summed E-state index contributed by atoms with van der Waals surface area (Å²) in [5.74, 6) is 5.36. The second kappa shape index (κ2) is 9.44. The molecule has 1 amide bonds. The van der Waals surface area contributed by atoms with Gasteiger partial charge in [-0.2, -0.15) is 0 Å². The fourth-order valence-corrected chi connectivity index (χ4v) is 6.57. The molecule has 0 aliphatic heterocycles. The Morgan fingerprint density at radius 3 is 2.63 bits per heavy atom. The van der Waals surface area contributed by atoms with Gasteiger partial charge in [0.2, 0.25) is 5.76 Å². The minimum absolute atomic E-state index is 0.253. The Morgan fingerprint density at radius 1 is 1.13 bits per heavy atom. The summed E-state index contributed by atoms with van der Waals surface area (Å²) >= 11 is 8.92. The van der Waals surface area contributed by atoms with Gasteiger partial charge in [-0.3, -0.25) is 10.1 Å². The smallest absolute Gasteiger partial charge is 0.412 e. The molecule has 38 heavy (non-hydrogen) atoms. The molecule has 1 aliphatic carbocycles. The van der Waals surface area contributed by atoms with Crippen molar-refractivity contribution < 1.29 is 23.8 Å². The Bertz CT molecular complexity index is 1760. The second-order valence-electron chi connectivity index (χ2n) is 8.78. The van der Waals surface area contributed by atoms with Crippen LogP contribution in [0.4, 0.5) is 10.5 Å². The fraction of sp³-hybridized carbons (Fsp3) is 0.185. The third-order valence-corrected chi connectivity index (χ3v) is 8.92. The highest BCUT2D eigenvalue weighted by molar-refractivity contribution is 7.38. The maximum atomic E-state index is 12.8. The highest BCUT2D eigenvalue weighted by Gasteiger charge is 2.54. The van der Waals surface area contributed by atoms with E-state index < -0.39 is 23.6 Å². The van der Waals surface area contributed by atoms with Crippen LogP contribution in [0.2, 0.25) is 5.02 Å². The number of furan rings is 1. The average molecular weight is 564 g/mol. The van der Waals surface area contributed by atoms with Crippen LogP contribution in [0, 0.1) is 11.8 Å². The van der Waals surface area contributed by atoms with Gasteiger partial charge < -0.3 is 14.3 Å². The summed E-state index contributed by atoms with van der Waals surface area (Å²) in [4.78, 5) is 33.3. The van der Waals surface area contributed by atoms with Crippen LogP contribution in [0.25, 0.3) is 20.6 Å². The van der Waals surface area contributed by atoms with Crippen molar-refractivity contribution >= 4 is 72.7 Å². The summed E-state index contributed by atoms with van der Waals surface area (Å²) in [6, 6.07) is 14.4. The monoisotopic (exact) mass is 563 g/mol. The first kappa shape index (κ1) is 24.4. The van der Waals surface area contributed by atoms with Crippen LogP contribution in [-0.2, 0) is 14.9 Å². The van der Waals surface area contributed by atoms with Crippen LogP contribution < -0.4 is 5.32 Å². The molecule has 8 nitrogen and oxygen atoms in total. The number of rotatable bonds is 5. The van der Waals surface area contributed by atoms with Crippen molar-refractivity contribution in [2.24, 2.45) is 0 Å². The predicted octanol–water partition coefficient (Wildman–Crippen LogP) is 6.98. The Labute approximate surface area is 229 Å². The molecule has 5 aromatic rings. The van der Waals surface area contributed by atoms with Crippen molar-refractivity contribution in [1.82, 2.24) is 9.97 Å². The first-order valence-electron chi connectivity index (χ1n) is 11.6. The number of hydrogen-bond acceptors (Lipinski definition) is 8. The van der Waals surface area contributed by atoms with E-state index >= 15 is 0 Å². The van der Waals surface area contributed by atoms with Gasteiger partial charge in [0.15, 0.2) is 10.7 Å². The third-order valence-electron chi connectivity index (χ3n) is 6.28. The maximum Gasteiger partial charge on any atom is 0.412 e. The molecule has 2 aromatic carbocycles. The number of carboxylic acid groups (broad SMARTS) is 1. The van der Waals surface area contributed by atoms with Crippen LogP contribution >= 0.6 is 34.3 Å². The molecule has 2 N–H and O–H groups in total. The lowest BCUT2D eigenvalue weighted by atomic mass is 10.1. The number of anilines is 1. The lowest BCUT2D eigenvalue weighted by Gasteiger charge is -2.15. The summed E-state index contributed by atoms with van der Waals surface area (Å²) in [7, 11) is 0. The molecule has 1 unspecified atom stereocenters. The normalized spacial score (nSPS) is 14.6. The largest absolute Gasteiger partial charge is 0.481 e. The van der Waals surface area contributed by atoms with Crippen molar-refractivity contribution in [2.75, 3.05) is 5.32 Å². The van der Waals surface area contributed by atoms with Crippen LogP contribution in [0.15, 0.2) is 52.9 Å². The van der Waals surface area contributed by atoms with E-state index in [1.165, 1.54) is 22.7 Å². The van der Waals surface area contributed by atoms with E-state index in [0.29, 0.717) is 55.7 Å². The topological polar surface area (TPSA) is 115 Å². The van der Waals surface area contributed by atoms with Crippen LogP contribution in [-0.4, -0.2) is 27.1 Å². The number of fused-ring (bicyclic) bond motifs is 2. The van der Waals surface area contributed by atoms with E-state index in [9.17, 15) is 14.7 Å². The van der Waals surface area contributed by atoms with Crippen molar-refractivity contribution in [1.29, 1.82) is 0 Å². The third kappa shape index (κ3) is 4.39. The Kier molecular flexibility index (Phi) is 6.07. The van der Waals surface area contributed by atoms with Gasteiger partial charge in [0.1, 0.15) is 31.8 Å². The second-order valence-corrected chi connectivity index (χ2v) is 11.4. The van der Waals surface area contributed by atoms with Crippen molar-refractivity contribution in [3.05, 3.63) is 74.9 Å². The zero-order chi connectivity index (χ0) is 26.4. The number of ether oxygens (including phenoxy) is 1. The molecule has 1 fully saturated rings. The Balaban J connectivity index is 1.26. The minimum Gasteiger partial charge on any atom is -0.481 e. The summed E-state index contributed by atoms with van der Waals surface area (Å²) in [5, 5.41) is 14.6. The number of nitrogens with one attached hydrogen (secondary N) is 1. The van der Waals surface area contributed by atoms with Crippen LogP contribution in [0.1, 0.15) is 47.2 Å². The van der Waals surface area contributed by atoms with Crippen molar-refractivity contribution in [3.63, 3.8) is 0 Å². The zero-order valence-electron chi connectivity index (χ0n) is 19.8. The first-order chi connectivity index (χ1) is 18.3. The number of amides is 1. The molecule has 0 bridgehead atoms. The summed E-state index contributed by atoms with van der Waals surface area (Å²) in [5.41, 5.74) is 1.27. The molecular weight excluding hydrogens is 546 g/mol. The number of carboxylic acids is 1. The highest BCUT2D eigenvalue weighted by atomic mass is 35.5. The number of hydrogen-bond donors (Lipinski definition) is 2. The number of thiazole rings is 2. The average Bonchev–Trinajstić information content (AvgIpc) is 3.32. The first-order valence-corrected chi connectivity index (χ1v) is 13.6. The number of carbonyl (C=O) groups is 2. The van der Waals surface area contributed by atoms with Gasteiger partial charge in [0.05, 0.1) is 0 Å². The van der Waals surface area contributed by atoms with Gasteiger partial charge >= 0.3 is 12.1 Å². The number of para-hydroxylation sites is 1. The number of nitrogens with zero attached hydrogens (tertiary/aromatic N) is 2. The summed E-state index contributed by atoms with van der Waals surface area (Å²) < 4.78 is 12.3. The van der Waals surface area contributed by atoms with Crippen LogP contribution in [0.5, 0.6) is 0 Å². The zero-order valence-corrected chi connectivity index (χ0v) is 22.2. The summed E-state index contributed by atoms with van der Waals surface area (Å²) in [6.45, 7) is 1.74. The van der Waals surface area contributed by atoms with E-state index in [4.69, 9.17) is 20.8 Å². The molecule has 0 saturated heterocycles. The highest BCUT2D eigenvalue weighted by Crippen LogP contribution is 2.51. The van der Waals surface area contributed by atoms with E-state index in [-0.39, 0.29) is 5.76 Å². The van der Waals surface area contributed by atoms with Crippen LogP contribution in [0.3, 0.4) is 0 Å². The van der Waals surface area contributed by atoms with Crippen molar-refractivity contribution in [2.45, 2.75) is 31.3 Å². The molecular formula is C27H18ClN3O5S2. The van der Waals surface area contributed by atoms with E-state index in [1.54, 1.807) is 25.1 Å². The molecule has 3 aromatic heterocycles. The Morgan fingerprint density at radius 2 is 1.89 bits per heavy atom. The molecule has 6 rings (SSSR count). The van der Waals surface area contributed by atoms with Gasteiger partial charge in [-0.05, 0) is 49.8 Å². The number of halogens is 1. The predicted molar refractivity (Wildman–Crippen MR) is 146 cm³/mol. The van der Waals surface area contributed by atoms with Gasteiger partial charge in [0.25, 0.3) is 0 Å². The lowest BCUT2D eigenvalue weighted by Crippen LogP contribution is -2.18. The summed E-state index contributed by atoms with van der Waals surface area (Å²) in [6.07, 6.45) is -0.0621. The van der Waals surface area contributed by atoms with E-state index in [1.807, 2.05) is 30.3 Å². The minimum atomic E-state index is -0.857. The van der Waals surface area contributed by atoms with Crippen molar-refractivity contribution in [3.8, 4) is 11.8 Å². The molecule has 11 heteroatoms. The van der Waals surface area contributed by atoms with E-state index in [2.05, 4.69) is 27.1 Å². The van der Waals surface area contributed by atoms with Gasteiger partial charge in [-0.25, -0.2) is 14.8 Å². The SMILES string of the molecule is CC(OC(=O)Nc1c(C#Cc2nc3nc(C4(C(=O)O)CC4)sc3s2)oc2ccccc12)c1ccccc1Cl.